The molecule has 2 rings (SSSR count). The van der Waals surface area contributed by atoms with Crippen LogP contribution in [0.25, 0.3) is 5.78 Å². The first-order valence-electron chi connectivity index (χ1n) is 6.26. The summed E-state index contributed by atoms with van der Waals surface area (Å²) in [5.74, 6) is 1.15. The van der Waals surface area contributed by atoms with Gasteiger partial charge in [-0.1, -0.05) is 24.9 Å². The molecule has 1 unspecified atom stereocenters. The molecule has 0 fully saturated rings. The highest BCUT2D eigenvalue weighted by molar-refractivity contribution is 6.30. The number of nitrogens with one attached hydrogen (secondary N) is 1. The van der Waals surface area contributed by atoms with Gasteiger partial charge in [-0.3, -0.25) is 0 Å². The molecule has 0 aliphatic heterocycles. The van der Waals surface area contributed by atoms with Gasteiger partial charge < -0.3 is 10.4 Å². The van der Waals surface area contributed by atoms with Crippen LogP contribution in [-0.4, -0.2) is 36.8 Å². The average molecular weight is 284 g/mol. The molecule has 0 aromatic carbocycles. The van der Waals surface area contributed by atoms with Gasteiger partial charge in [0.15, 0.2) is 0 Å². The van der Waals surface area contributed by atoms with Crippen LogP contribution >= 0.6 is 11.6 Å². The summed E-state index contributed by atoms with van der Waals surface area (Å²) >= 11 is 6.07. The molecule has 0 aliphatic rings. The number of hydrogen-bond donors (Lipinski definition) is 2. The van der Waals surface area contributed by atoms with E-state index in [9.17, 15) is 5.11 Å². The van der Waals surface area contributed by atoms with Gasteiger partial charge in [0.25, 0.3) is 5.78 Å². The Morgan fingerprint density at radius 2 is 2.26 bits per heavy atom. The van der Waals surface area contributed by atoms with E-state index in [1.807, 2.05) is 13.8 Å². The second-order valence-electron chi connectivity index (χ2n) is 4.95. The maximum Gasteiger partial charge on any atom is 0.255 e. The Bertz CT molecular complexity index is 581. The number of aliphatic hydroxyl groups is 1. The molecule has 0 bridgehead atoms. The zero-order valence-electron chi connectivity index (χ0n) is 11.3. The van der Waals surface area contributed by atoms with Crippen LogP contribution in [0.1, 0.15) is 32.3 Å². The summed E-state index contributed by atoms with van der Waals surface area (Å²) in [6.45, 7) is 6.11. The topological polar surface area (TPSA) is 75.3 Å². The van der Waals surface area contributed by atoms with Crippen molar-refractivity contribution in [2.75, 3.05) is 11.9 Å². The van der Waals surface area contributed by atoms with Crippen molar-refractivity contribution < 1.29 is 5.11 Å². The monoisotopic (exact) mass is 283 g/mol. The Balaban J connectivity index is 2.29. The lowest BCUT2D eigenvalue weighted by atomic mass is 10.0. The van der Waals surface area contributed by atoms with Gasteiger partial charge in [-0.05, 0) is 20.3 Å². The number of aromatic nitrogens is 4. The first-order valence-corrected chi connectivity index (χ1v) is 6.64. The molecule has 0 aliphatic carbocycles. The molecule has 0 amide bonds. The summed E-state index contributed by atoms with van der Waals surface area (Å²) in [5, 5.41) is 17.9. The van der Waals surface area contributed by atoms with Gasteiger partial charge in [0.05, 0.1) is 5.60 Å². The van der Waals surface area contributed by atoms with E-state index >= 15 is 0 Å². The second kappa shape index (κ2) is 5.30. The van der Waals surface area contributed by atoms with Gasteiger partial charge in [-0.2, -0.15) is 19.6 Å². The minimum Gasteiger partial charge on any atom is -0.388 e. The molecule has 104 valence electrons. The van der Waals surface area contributed by atoms with Crippen molar-refractivity contribution in [3.8, 4) is 0 Å². The number of fused-ring (bicyclic) bond motifs is 1. The van der Waals surface area contributed by atoms with Gasteiger partial charge in [0.2, 0.25) is 0 Å². The Morgan fingerprint density at radius 1 is 1.53 bits per heavy atom. The average Bonchev–Trinajstić information content (AvgIpc) is 2.77. The molecule has 1 atom stereocenters. The van der Waals surface area contributed by atoms with Gasteiger partial charge >= 0.3 is 0 Å². The highest BCUT2D eigenvalue weighted by Crippen LogP contribution is 2.23. The number of hydrogen-bond acceptors (Lipinski definition) is 5. The van der Waals surface area contributed by atoms with E-state index in [1.54, 1.807) is 11.4 Å². The number of rotatable bonds is 5. The maximum absolute atomic E-state index is 10.2. The third-order valence-electron chi connectivity index (χ3n) is 3.03. The summed E-state index contributed by atoms with van der Waals surface area (Å²) in [7, 11) is 0. The van der Waals surface area contributed by atoms with Crippen LogP contribution in [0, 0.1) is 6.92 Å². The third kappa shape index (κ3) is 2.96. The fourth-order valence-electron chi connectivity index (χ4n) is 2.01. The Labute approximate surface area is 116 Å². The smallest absolute Gasteiger partial charge is 0.255 e. The van der Waals surface area contributed by atoms with Crippen molar-refractivity contribution in [1.29, 1.82) is 0 Å². The molecule has 0 saturated heterocycles. The van der Waals surface area contributed by atoms with E-state index in [0.717, 1.165) is 18.4 Å². The van der Waals surface area contributed by atoms with E-state index < -0.39 is 5.60 Å². The van der Waals surface area contributed by atoms with Crippen LogP contribution in [0.3, 0.4) is 0 Å². The molecule has 7 heteroatoms. The minimum atomic E-state index is -0.774. The van der Waals surface area contributed by atoms with Crippen molar-refractivity contribution in [3.05, 3.63) is 17.0 Å². The quantitative estimate of drug-likeness (QED) is 0.822. The fourth-order valence-corrected chi connectivity index (χ4v) is 2.17. The SMILES string of the molecule is CCCC(C)(O)CNc1c(C)c(Cl)nc2ncnn12. The highest BCUT2D eigenvalue weighted by Gasteiger charge is 2.20. The molecule has 19 heavy (non-hydrogen) atoms. The molecular formula is C12H18ClN5O. The number of anilines is 1. The van der Waals surface area contributed by atoms with Crippen molar-refractivity contribution in [2.24, 2.45) is 0 Å². The van der Waals surface area contributed by atoms with Gasteiger partial charge in [-0.25, -0.2) is 0 Å². The van der Waals surface area contributed by atoms with Crippen LogP contribution < -0.4 is 5.32 Å². The van der Waals surface area contributed by atoms with E-state index in [0.29, 0.717) is 23.3 Å². The second-order valence-corrected chi connectivity index (χ2v) is 5.31. The lowest BCUT2D eigenvalue weighted by molar-refractivity contribution is 0.0635. The zero-order chi connectivity index (χ0) is 14.0. The maximum atomic E-state index is 10.2. The van der Waals surface area contributed by atoms with Crippen molar-refractivity contribution in [3.63, 3.8) is 0 Å². The fraction of sp³-hybridized carbons (Fsp3) is 0.583. The standard InChI is InChI=1S/C12H18ClN5O/c1-4-5-12(3,19)6-14-10-8(2)9(13)17-11-15-7-16-18(10)11/h7,14,19H,4-6H2,1-3H3. The largest absolute Gasteiger partial charge is 0.388 e. The van der Waals surface area contributed by atoms with Crippen LogP contribution in [0.4, 0.5) is 5.82 Å². The van der Waals surface area contributed by atoms with Gasteiger partial charge in [0, 0.05) is 12.1 Å². The summed E-state index contributed by atoms with van der Waals surface area (Å²) in [6.07, 6.45) is 3.06. The van der Waals surface area contributed by atoms with Gasteiger partial charge in [-0.15, -0.1) is 0 Å². The lowest BCUT2D eigenvalue weighted by Crippen LogP contribution is -2.34. The third-order valence-corrected chi connectivity index (χ3v) is 3.40. The molecule has 2 aromatic heterocycles. The minimum absolute atomic E-state index is 0.387. The van der Waals surface area contributed by atoms with Crippen molar-refractivity contribution >= 4 is 23.2 Å². The normalized spacial score (nSPS) is 14.6. The number of nitrogens with zero attached hydrogens (tertiary/aromatic N) is 4. The zero-order valence-corrected chi connectivity index (χ0v) is 12.1. The van der Waals surface area contributed by atoms with Crippen LogP contribution in [0.15, 0.2) is 6.33 Å². The summed E-state index contributed by atoms with van der Waals surface area (Å²) in [5.41, 5.74) is 0.0103. The first-order chi connectivity index (χ1) is 8.94. The van der Waals surface area contributed by atoms with Crippen molar-refractivity contribution in [1.82, 2.24) is 19.6 Å². The van der Waals surface area contributed by atoms with E-state index in [1.165, 1.54) is 6.33 Å². The molecule has 2 heterocycles. The Hall–Kier alpha value is -1.40. The molecule has 2 N–H and O–H groups in total. The van der Waals surface area contributed by atoms with E-state index in [-0.39, 0.29) is 0 Å². The Morgan fingerprint density at radius 3 is 2.95 bits per heavy atom. The molecule has 0 saturated carbocycles. The predicted molar refractivity (Wildman–Crippen MR) is 74.6 cm³/mol. The van der Waals surface area contributed by atoms with Crippen LogP contribution in [-0.2, 0) is 0 Å². The van der Waals surface area contributed by atoms with E-state index in [4.69, 9.17) is 11.6 Å². The summed E-state index contributed by atoms with van der Waals surface area (Å²) < 4.78 is 1.59. The summed E-state index contributed by atoms with van der Waals surface area (Å²) in [4.78, 5) is 8.14. The molecule has 0 spiro atoms. The molecule has 6 nitrogen and oxygen atoms in total. The van der Waals surface area contributed by atoms with Crippen LogP contribution in [0.5, 0.6) is 0 Å². The summed E-state index contributed by atoms with van der Waals surface area (Å²) in [6, 6.07) is 0. The molecule has 0 radical (unpaired) electrons. The number of halogens is 1. The molecular weight excluding hydrogens is 266 g/mol. The van der Waals surface area contributed by atoms with Crippen molar-refractivity contribution in [2.45, 2.75) is 39.2 Å². The van der Waals surface area contributed by atoms with Crippen LogP contribution in [0.2, 0.25) is 5.15 Å². The molecule has 2 aromatic rings. The first kappa shape index (κ1) is 14.0. The predicted octanol–water partition coefficient (Wildman–Crippen LogP) is 2.05. The van der Waals surface area contributed by atoms with E-state index in [2.05, 4.69) is 20.4 Å². The van der Waals surface area contributed by atoms with Gasteiger partial charge in [0.1, 0.15) is 17.3 Å². The Kier molecular flexibility index (Phi) is 3.91. The lowest BCUT2D eigenvalue weighted by Gasteiger charge is -2.24. The highest BCUT2D eigenvalue weighted by atomic mass is 35.5.